The molecule has 2 rings (SSSR count). The molecule has 5 nitrogen and oxygen atoms in total. The molecule has 0 unspecified atom stereocenters. The van der Waals surface area contributed by atoms with Gasteiger partial charge < -0.3 is 16.0 Å². The van der Waals surface area contributed by atoms with E-state index in [-0.39, 0.29) is 11.8 Å². The van der Waals surface area contributed by atoms with Gasteiger partial charge in [0.05, 0.1) is 10.7 Å². The minimum Gasteiger partial charge on any atom is -0.383 e. The van der Waals surface area contributed by atoms with E-state index in [9.17, 15) is 9.59 Å². The third-order valence-corrected chi connectivity index (χ3v) is 3.87. The Labute approximate surface area is 152 Å². The molecule has 0 spiro atoms. The van der Waals surface area contributed by atoms with Gasteiger partial charge in [-0.3, -0.25) is 9.59 Å². The van der Waals surface area contributed by atoms with Crippen LogP contribution in [0.5, 0.6) is 0 Å². The lowest BCUT2D eigenvalue weighted by molar-refractivity contribution is -0.116. The Morgan fingerprint density at radius 2 is 1.60 bits per heavy atom. The smallest absolute Gasteiger partial charge is 0.226 e. The maximum Gasteiger partial charge on any atom is 0.226 e. The monoisotopic (exact) mass is 359 g/mol. The van der Waals surface area contributed by atoms with Crippen LogP contribution in [0.3, 0.4) is 0 Å². The molecule has 0 bridgehead atoms. The molecule has 2 amide bonds. The molecule has 6 heteroatoms. The van der Waals surface area contributed by atoms with Crippen LogP contribution in [0, 0.1) is 13.8 Å². The van der Waals surface area contributed by atoms with Crippen molar-refractivity contribution < 1.29 is 9.59 Å². The minimum atomic E-state index is -0.132. The van der Waals surface area contributed by atoms with Crippen molar-refractivity contribution in [1.82, 2.24) is 0 Å². The SMILES string of the molecule is CC(=O)Nc1ccc(NC(=O)CCNc2c(C)cc(C)cc2Cl)cc1. The van der Waals surface area contributed by atoms with Crippen LogP contribution < -0.4 is 16.0 Å². The fourth-order valence-corrected chi connectivity index (χ4v) is 2.89. The predicted molar refractivity (Wildman–Crippen MR) is 103 cm³/mol. The van der Waals surface area contributed by atoms with Gasteiger partial charge >= 0.3 is 0 Å². The summed E-state index contributed by atoms with van der Waals surface area (Å²) in [6.07, 6.45) is 0.317. The topological polar surface area (TPSA) is 70.2 Å². The third-order valence-electron chi connectivity index (χ3n) is 3.57. The summed E-state index contributed by atoms with van der Waals surface area (Å²) in [5, 5.41) is 9.37. The number of hydrogen-bond donors (Lipinski definition) is 3. The lowest BCUT2D eigenvalue weighted by Crippen LogP contribution is -2.16. The van der Waals surface area contributed by atoms with E-state index in [2.05, 4.69) is 16.0 Å². The molecule has 0 fully saturated rings. The lowest BCUT2D eigenvalue weighted by Gasteiger charge is -2.13. The van der Waals surface area contributed by atoms with E-state index in [1.807, 2.05) is 26.0 Å². The van der Waals surface area contributed by atoms with Crippen LogP contribution in [0.2, 0.25) is 5.02 Å². The molecule has 0 aliphatic heterocycles. The van der Waals surface area contributed by atoms with Gasteiger partial charge in [0.25, 0.3) is 0 Å². The fourth-order valence-electron chi connectivity index (χ4n) is 2.50. The second-order valence-corrected chi connectivity index (χ2v) is 6.33. The Bertz CT molecular complexity index is 750. The average Bonchev–Trinajstić information content (AvgIpc) is 2.51. The van der Waals surface area contributed by atoms with Crippen LogP contribution in [0.25, 0.3) is 0 Å². The summed E-state index contributed by atoms with van der Waals surface area (Å²) >= 11 is 6.24. The Morgan fingerprint density at radius 3 is 2.16 bits per heavy atom. The summed E-state index contributed by atoms with van der Waals surface area (Å²) in [6.45, 7) is 5.91. The van der Waals surface area contributed by atoms with E-state index in [0.29, 0.717) is 29.4 Å². The quantitative estimate of drug-likeness (QED) is 0.717. The zero-order valence-corrected chi connectivity index (χ0v) is 15.3. The number of rotatable bonds is 6. The Balaban J connectivity index is 1.84. The highest BCUT2D eigenvalue weighted by Gasteiger charge is 2.07. The number of benzene rings is 2. The largest absolute Gasteiger partial charge is 0.383 e. The number of anilines is 3. The summed E-state index contributed by atoms with van der Waals surface area (Å²) in [5.74, 6) is -0.228. The number of nitrogens with one attached hydrogen (secondary N) is 3. The van der Waals surface area contributed by atoms with E-state index >= 15 is 0 Å². The van der Waals surface area contributed by atoms with Crippen LogP contribution >= 0.6 is 11.6 Å². The van der Waals surface area contributed by atoms with Crippen molar-refractivity contribution in [3.8, 4) is 0 Å². The van der Waals surface area contributed by atoms with Gasteiger partial charge in [0.1, 0.15) is 0 Å². The molecule has 2 aromatic rings. The highest BCUT2D eigenvalue weighted by molar-refractivity contribution is 6.33. The molecular weight excluding hydrogens is 338 g/mol. The molecule has 0 radical (unpaired) electrons. The van der Waals surface area contributed by atoms with Gasteiger partial charge in [0, 0.05) is 31.3 Å². The Hall–Kier alpha value is -2.53. The van der Waals surface area contributed by atoms with Gasteiger partial charge in [-0.05, 0) is 55.3 Å². The number of amides is 2. The number of carbonyl (C=O) groups is 2. The second kappa shape index (κ2) is 8.53. The van der Waals surface area contributed by atoms with Crippen LogP contribution in [-0.4, -0.2) is 18.4 Å². The molecular formula is C19H22ClN3O2. The number of hydrogen-bond acceptors (Lipinski definition) is 3. The van der Waals surface area contributed by atoms with Gasteiger partial charge in [-0.1, -0.05) is 17.7 Å². The number of aryl methyl sites for hydroxylation is 2. The molecule has 2 aromatic carbocycles. The third kappa shape index (κ3) is 5.80. The van der Waals surface area contributed by atoms with Gasteiger partial charge in [-0.25, -0.2) is 0 Å². The van der Waals surface area contributed by atoms with Gasteiger partial charge in [-0.2, -0.15) is 0 Å². The number of halogens is 1. The van der Waals surface area contributed by atoms with E-state index in [0.717, 1.165) is 16.8 Å². The maximum absolute atomic E-state index is 12.0. The lowest BCUT2D eigenvalue weighted by atomic mass is 10.1. The highest BCUT2D eigenvalue weighted by Crippen LogP contribution is 2.27. The molecule has 0 aromatic heterocycles. The normalized spacial score (nSPS) is 10.2. The fraction of sp³-hybridized carbons (Fsp3) is 0.263. The van der Waals surface area contributed by atoms with Crippen molar-refractivity contribution in [3.63, 3.8) is 0 Å². The van der Waals surface area contributed by atoms with E-state index < -0.39 is 0 Å². The summed E-state index contributed by atoms with van der Waals surface area (Å²) in [4.78, 5) is 23.0. The standard InChI is InChI=1S/C19H22ClN3O2/c1-12-10-13(2)19(17(20)11-12)21-9-8-18(25)23-16-6-4-15(5-7-16)22-14(3)24/h4-7,10-11,21H,8-9H2,1-3H3,(H,22,24)(H,23,25). The van der Waals surface area contributed by atoms with E-state index in [1.165, 1.54) is 6.92 Å². The van der Waals surface area contributed by atoms with Crippen molar-refractivity contribution in [2.45, 2.75) is 27.2 Å². The van der Waals surface area contributed by atoms with Gasteiger partial charge in [0.15, 0.2) is 0 Å². The molecule has 25 heavy (non-hydrogen) atoms. The summed E-state index contributed by atoms with van der Waals surface area (Å²) in [5.41, 5.74) is 4.40. The highest BCUT2D eigenvalue weighted by atomic mass is 35.5. The molecule has 132 valence electrons. The molecule has 0 saturated heterocycles. The van der Waals surface area contributed by atoms with Crippen LogP contribution in [0.1, 0.15) is 24.5 Å². The van der Waals surface area contributed by atoms with E-state index in [4.69, 9.17) is 11.6 Å². The molecule has 0 aliphatic rings. The van der Waals surface area contributed by atoms with Gasteiger partial charge in [0.2, 0.25) is 11.8 Å². The Kier molecular flexibility index (Phi) is 6.42. The average molecular weight is 360 g/mol. The van der Waals surface area contributed by atoms with Crippen molar-refractivity contribution in [1.29, 1.82) is 0 Å². The molecule has 0 atom stereocenters. The minimum absolute atomic E-state index is 0.0966. The molecule has 3 N–H and O–H groups in total. The predicted octanol–water partition coefficient (Wildman–Crippen LogP) is 4.36. The molecule has 0 heterocycles. The van der Waals surface area contributed by atoms with Crippen molar-refractivity contribution in [2.75, 3.05) is 22.5 Å². The first kappa shape index (κ1) is 18.8. The molecule has 0 aliphatic carbocycles. The number of carbonyl (C=O) groups excluding carboxylic acids is 2. The zero-order chi connectivity index (χ0) is 18.4. The summed E-state index contributed by atoms with van der Waals surface area (Å²) in [6, 6.07) is 10.9. The van der Waals surface area contributed by atoms with Crippen LogP contribution in [0.4, 0.5) is 17.1 Å². The van der Waals surface area contributed by atoms with Crippen LogP contribution in [-0.2, 0) is 9.59 Å². The first-order valence-electron chi connectivity index (χ1n) is 8.03. The van der Waals surface area contributed by atoms with Crippen molar-refractivity contribution >= 4 is 40.5 Å². The van der Waals surface area contributed by atoms with Crippen molar-refractivity contribution in [2.24, 2.45) is 0 Å². The molecule has 0 saturated carbocycles. The van der Waals surface area contributed by atoms with Crippen molar-refractivity contribution in [3.05, 3.63) is 52.5 Å². The van der Waals surface area contributed by atoms with Crippen LogP contribution in [0.15, 0.2) is 36.4 Å². The first-order valence-corrected chi connectivity index (χ1v) is 8.41. The van der Waals surface area contributed by atoms with E-state index in [1.54, 1.807) is 24.3 Å². The second-order valence-electron chi connectivity index (χ2n) is 5.92. The first-order chi connectivity index (χ1) is 11.8. The summed E-state index contributed by atoms with van der Waals surface area (Å²) < 4.78 is 0. The Morgan fingerprint density at radius 1 is 1.00 bits per heavy atom. The van der Waals surface area contributed by atoms with Gasteiger partial charge in [-0.15, -0.1) is 0 Å². The maximum atomic E-state index is 12.0. The zero-order valence-electron chi connectivity index (χ0n) is 14.6. The summed E-state index contributed by atoms with van der Waals surface area (Å²) in [7, 11) is 0.